The number of rotatable bonds is 3. The highest BCUT2D eigenvalue weighted by atomic mass is 16.6. The summed E-state index contributed by atoms with van der Waals surface area (Å²) in [6.45, 7) is 1.91. The van der Waals surface area contributed by atoms with Crippen molar-refractivity contribution in [1.29, 1.82) is 0 Å². The zero-order valence-corrected chi connectivity index (χ0v) is 13.9. The third-order valence-electron chi connectivity index (χ3n) is 3.54. The minimum atomic E-state index is -0.949. The van der Waals surface area contributed by atoms with Crippen molar-refractivity contribution in [3.05, 3.63) is 79.9 Å². The lowest BCUT2D eigenvalue weighted by Crippen LogP contribution is -2.21. The van der Waals surface area contributed by atoms with Crippen molar-refractivity contribution in [1.82, 2.24) is 5.32 Å². The Kier molecular flexibility index (Phi) is 5.61. The first-order chi connectivity index (χ1) is 12.7. The molecule has 0 saturated heterocycles. The zero-order valence-electron chi connectivity index (χ0n) is 13.9. The van der Waals surface area contributed by atoms with Crippen molar-refractivity contribution in [2.75, 3.05) is 0 Å². The predicted octanol–water partition coefficient (Wildman–Crippen LogP) is 2.68. The van der Waals surface area contributed by atoms with Crippen LogP contribution in [0.4, 0.5) is 11.4 Å². The number of aryl methyl sites for hydroxylation is 1. The van der Waals surface area contributed by atoms with E-state index in [-0.39, 0.29) is 11.8 Å². The van der Waals surface area contributed by atoms with Crippen LogP contribution >= 0.6 is 0 Å². The number of nitro groups is 2. The summed E-state index contributed by atoms with van der Waals surface area (Å²) in [4.78, 5) is 40.9. The molecule has 0 unspecified atom stereocenters. The Bertz CT molecular complexity index is 982. The second-order valence-electron chi connectivity index (χ2n) is 5.36. The summed E-state index contributed by atoms with van der Waals surface area (Å²) in [5, 5.41) is 33.3. The monoisotopic (exact) mass is 370 g/mol. The lowest BCUT2D eigenvalue weighted by molar-refractivity contribution is -0.395. The minimum absolute atomic E-state index is 0.315. The van der Waals surface area contributed by atoms with E-state index in [1.54, 1.807) is 0 Å². The lowest BCUT2D eigenvalue weighted by atomic mass is 10.0. The normalized spacial score (nSPS) is 12.6. The Labute approximate surface area is 152 Å². The standard InChI is InChI=1S/C11H9NO2.C6H3N2O5/c1-7-4-2-3-5-8(7)9-6-10(13)12-11(9)14;9-6-2-1-4(7(10)11)3-5(6)8(12)13/h2-6H,1H3,(H,12,13,14);1-3H. The second kappa shape index (κ2) is 7.87. The van der Waals surface area contributed by atoms with Gasteiger partial charge in [0.15, 0.2) is 0 Å². The van der Waals surface area contributed by atoms with Gasteiger partial charge in [0.1, 0.15) is 0 Å². The van der Waals surface area contributed by atoms with Crippen LogP contribution in [0.15, 0.2) is 48.5 Å². The molecule has 1 heterocycles. The van der Waals surface area contributed by atoms with Crippen LogP contribution in [0.2, 0.25) is 0 Å². The van der Waals surface area contributed by atoms with E-state index >= 15 is 0 Å². The number of hydrogen-bond donors (Lipinski definition) is 1. The van der Waals surface area contributed by atoms with E-state index in [0.29, 0.717) is 11.6 Å². The average Bonchev–Trinajstić information content (AvgIpc) is 2.94. The highest BCUT2D eigenvalue weighted by molar-refractivity contribution is 6.33. The number of carbonyl (C=O) groups is 2. The molecule has 2 aromatic carbocycles. The molecule has 0 fully saturated rings. The fourth-order valence-electron chi connectivity index (χ4n) is 2.25. The highest BCUT2D eigenvalue weighted by Crippen LogP contribution is 2.29. The molecule has 0 spiro atoms. The number of nitrogens with zero attached hydrogens (tertiary/aromatic N) is 2. The van der Waals surface area contributed by atoms with Crippen molar-refractivity contribution in [2.45, 2.75) is 6.92 Å². The molecule has 2 aromatic rings. The van der Waals surface area contributed by atoms with Gasteiger partial charge < -0.3 is 0 Å². The number of nitrogens with one attached hydrogen (secondary N) is 1. The summed E-state index contributed by atoms with van der Waals surface area (Å²) in [6, 6.07) is 9.85. The third kappa shape index (κ3) is 4.51. The lowest BCUT2D eigenvalue weighted by Gasteiger charge is -2.03. The Morgan fingerprint density at radius 2 is 1.63 bits per heavy atom. The minimum Gasteiger partial charge on any atom is -0.289 e. The molecule has 1 aliphatic rings. The summed E-state index contributed by atoms with van der Waals surface area (Å²) >= 11 is 0. The summed E-state index contributed by atoms with van der Waals surface area (Å²) in [5.74, 6) is -1.49. The van der Waals surface area contributed by atoms with Gasteiger partial charge in [-0.3, -0.25) is 40.2 Å². The van der Waals surface area contributed by atoms with Gasteiger partial charge in [0.05, 0.1) is 21.5 Å². The average molecular weight is 370 g/mol. The molecule has 27 heavy (non-hydrogen) atoms. The largest absolute Gasteiger partial charge is 0.323 e. The van der Waals surface area contributed by atoms with Crippen LogP contribution in [0.25, 0.3) is 5.57 Å². The fourth-order valence-corrected chi connectivity index (χ4v) is 2.25. The third-order valence-corrected chi connectivity index (χ3v) is 3.54. The van der Waals surface area contributed by atoms with Crippen LogP contribution in [0.1, 0.15) is 11.1 Å². The maximum Gasteiger partial charge on any atom is 0.323 e. The van der Waals surface area contributed by atoms with E-state index in [1.807, 2.05) is 31.2 Å². The van der Waals surface area contributed by atoms with E-state index in [2.05, 4.69) is 5.32 Å². The molecule has 0 aliphatic carbocycles. The first-order valence-electron chi connectivity index (χ1n) is 7.43. The maximum absolute atomic E-state index is 11.3. The van der Waals surface area contributed by atoms with Gasteiger partial charge in [-0.15, -0.1) is 0 Å². The second-order valence-corrected chi connectivity index (χ2v) is 5.36. The van der Waals surface area contributed by atoms with Crippen LogP contribution in [-0.4, -0.2) is 21.7 Å². The molecule has 1 radical (unpaired) electrons. The van der Waals surface area contributed by atoms with Gasteiger partial charge in [-0.05, 0) is 24.1 Å². The summed E-state index contributed by atoms with van der Waals surface area (Å²) in [7, 11) is 0. The van der Waals surface area contributed by atoms with Crippen molar-refractivity contribution < 1.29 is 24.5 Å². The Morgan fingerprint density at radius 3 is 2.15 bits per heavy atom. The van der Waals surface area contributed by atoms with Crippen LogP contribution < -0.4 is 5.32 Å². The molecule has 1 aliphatic heterocycles. The molecule has 2 amide bonds. The highest BCUT2D eigenvalue weighted by Gasteiger charge is 2.22. The molecular formula is C17H12N3O7. The number of carbonyl (C=O) groups excluding carboxylic acids is 2. The van der Waals surface area contributed by atoms with Crippen molar-refractivity contribution in [3.63, 3.8) is 0 Å². The number of hydrogen-bond acceptors (Lipinski definition) is 6. The Hall–Kier alpha value is -4.08. The van der Waals surface area contributed by atoms with E-state index in [1.165, 1.54) is 6.08 Å². The van der Waals surface area contributed by atoms with E-state index in [4.69, 9.17) is 0 Å². The molecule has 10 nitrogen and oxygen atoms in total. The van der Waals surface area contributed by atoms with Gasteiger partial charge in [-0.2, -0.15) is 0 Å². The van der Waals surface area contributed by atoms with Crippen molar-refractivity contribution in [3.8, 4) is 5.75 Å². The van der Waals surface area contributed by atoms with Crippen LogP contribution in [0, 0.1) is 27.2 Å². The van der Waals surface area contributed by atoms with Crippen LogP contribution in [0.3, 0.4) is 0 Å². The molecule has 10 heteroatoms. The number of nitro benzene ring substituents is 2. The molecule has 137 valence electrons. The maximum atomic E-state index is 11.3. The van der Waals surface area contributed by atoms with Gasteiger partial charge >= 0.3 is 5.69 Å². The van der Waals surface area contributed by atoms with Crippen LogP contribution in [-0.2, 0) is 14.7 Å². The number of benzene rings is 2. The number of non-ortho nitro benzene ring substituents is 1. The first kappa shape index (κ1) is 19.2. The molecular weight excluding hydrogens is 358 g/mol. The van der Waals surface area contributed by atoms with Gasteiger partial charge in [0, 0.05) is 12.1 Å². The molecule has 0 atom stereocenters. The quantitative estimate of drug-likeness (QED) is 0.498. The molecule has 1 N–H and O–H groups in total. The molecule has 0 aromatic heterocycles. The molecule has 3 rings (SSSR count). The summed E-state index contributed by atoms with van der Waals surface area (Å²) in [6.07, 6.45) is 1.34. The molecule has 0 bridgehead atoms. The smallest absolute Gasteiger partial charge is 0.289 e. The Balaban J connectivity index is 0.000000194. The fraction of sp³-hybridized carbons (Fsp3) is 0.0588. The van der Waals surface area contributed by atoms with Gasteiger partial charge in [-0.1, -0.05) is 24.3 Å². The number of amides is 2. The first-order valence-corrected chi connectivity index (χ1v) is 7.43. The van der Waals surface area contributed by atoms with Crippen molar-refractivity contribution >= 4 is 28.8 Å². The van der Waals surface area contributed by atoms with Crippen molar-refractivity contribution in [2.24, 2.45) is 0 Å². The predicted molar refractivity (Wildman–Crippen MR) is 92.2 cm³/mol. The summed E-state index contributed by atoms with van der Waals surface area (Å²) in [5.41, 5.74) is 1.01. The SMILES string of the molecule is Cc1ccccc1C1=CC(=O)NC1=O.[O]c1ccc([N+](=O)[O-])cc1[N+](=O)[O-]. The van der Waals surface area contributed by atoms with Gasteiger partial charge in [0.25, 0.3) is 23.3 Å². The van der Waals surface area contributed by atoms with E-state index in [0.717, 1.165) is 23.3 Å². The van der Waals surface area contributed by atoms with Crippen LogP contribution in [0.5, 0.6) is 5.75 Å². The Morgan fingerprint density at radius 1 is 0.963 bits per heavy atom. The molecule has 0 saturated carbocycles. The van der Waals surface area contributed by atoms with E-state index < -0.39 is 27.0 Å². The van der Waals surface area contributed by atoms with E-state index in [9.17, 15) is 34.9 Å². The number of imide groups is 1. The topological polar surface area (TPSA) is 152 Å². The van der Waals surface area contributed by atoms with Gasteiger partial charge in [-0.25, -0.2) is 0 Å². The zero-order chi connectivity index (χ0) is 20.1. The van der Waals surface area contributed by atoms with Gasteiger partial charge in [0.2, 0.25) is 0 Å². The summed E-state index contributed by atoms with van der Waals surface area (Å²) < 4.78 is 0.